The zero-order valence-corrected chi connectivity index (χ0v) is 12.4. The number of hydrogen-bond donors (Lipinski definition) is 0. The van der Waals surface area contributed by atoms with Gasteiger partial charge in [-0.05, 0) is 13.0 Å². The highest BCUT2D eigenvalue weighted by atomic mass is 16.5. The average molecular weight is 293 g/mol. The monoisotopic (exact) mass is 293 g/mol. The minimum atomic E-state index is -0.256. The van der Waals surface area contributed by atoms with Crippen molar-refractivity contribution in [1.82, 2.24) is 24.5 Å². The van der Waals surface area contributed by atoms with E-state index in [-0.39, 0.29) is 11.7 Å². The fourth-order valence-corrected chi connectivity index (χ4v) is 1.86. The van der Waals surface area contributed by atoms with E-state index in [2.05, 4.69) is 15.1 Å². The van der Waals surface area contributed by atoms with Crippen LogP contribution in [-0.4, -0.2) is 70.9 Å². The number of aryl methyl sites for hydroxylation is 1. The Kier molecular flexibility index (Phi) is 5.18. The van der Waals surface area contributed by atoms with Gasteiger partial charge in [-0.15, -0.1) is 5.10 Å². The summed E-state index contributed by atoms with van der Waals surface area (Å²) in [6.45, 7) is 3.69. The van der Waals surface area contributed by atoms with Gasteiger partial charge in [-0.1, -0.05) is 0 Å². The van der Waals surface area contributed by atoms with E-state index < -0.39 is 0 Å². The van der Waals surface area contributed by atoms with Crippen molar-refractivity contribution in [3.05, 3.63) is 23.8 Å². The summed E-state index contributed by atoms with van der Waals surface area (Å²) in [5, 5.41) is 4.22. The van der Waals surface area contributed by atoms with Gasteiger partial charge in [-0.2, -0.15) is 4.98 Å². The third kappa shape index (κ3) is 3.53. The maximum Gasteiger partial charge on any atom is 0.293 e. The number of carbonyl (C=O) groups is 1. The number of fused-ring (bicyclic) bond motifs is 1. The lowest BCUT2D eigenvalue weighted by molar-refractivity contribution is 0.0616. The molecule has 2 heterocycles. The van der Waals surface area contributed by atoms with Crippen molar-refractivity contribution in [1.29, 1.82) is 0 Å². The van der Waals surface area contributed by atoms with Crippen molar-refractivity contribution < 1.29 is 14.3 Å². The van der Waals surface area contributed by atoms with Crippen LogP contribution >= 0.6 is 0 Å². The Morgan fingerprint density at radius 1 is 1.29 bits per heavy atom. The van der Waals surface area contributed by atoms with Gasteiger partial charge in [0.15, 0.2) is 0 Å². The van der Waals surface area contributed by atoms with E-state index >= 15 is 0 Å². The van der Waals surface area contributed by atoms with Gasteiger partial charge in [-0.3, -0.25) is 4.79 Å². The number of methoxy groups -OCH3 is 2. The lowest BCUT2D eigenvalue weighted by Crippen LogP contribution is -2.37. The number of hydrogen-bond acceptors (Lipinski definition) is 6. The summed E-state index contributed by atoms with van der Waals surface area (Å²) in [6.07, 6.45) is 1.64. The van der Waals surface area contributed by atoms with E-state index in [0.29, 0.717) is 32.1 Å². The van der Waals surface area contributed by atoms with Gasteiger partial charge in [0.25, 0.3) is 11.7 Å². The lowest BCUT2D eigenvalue weighted by atomic mass is 10.4. The Balaban J connectivity index is 2.22. The molecule has 0 aliphatic heterocycles. The van der Waals surface area contributed by atoms with E-state index in [1.54, 1.807) is 29.8 Å². The highest BCUT2D eigenvalue weighted by Crippen LogP contribution is 2.05. The van der Waals surface area contributed by atoms with Crippen LogP contribution in [0.3, 0.4) is 0 Å². The molecule has 0 aromatic carbocycles. The van der Waals surface area contributed by atoms with Crippen LogP contribution in [0.4, 0.5) is 0 Å². The van der Waals surface area contributed by atoms with Gasteiger partial charge >= 0.3 is 0 Å². The van der Waals surface area contributed by atoms with Crippen LogP contribution in [0.25, 0.3) is 5.78 Å². The first-order valence-corrected chi connectivity index (χ1v) is 6.63. The molecule has 0 fully saturated rings. The lowest BCUT2D eigenvalue weighted by Gasteiger charge is -2.20. The molecule has 0 aliphatic rings. The van der Waals surface area contributed by atoms with E-state index in [1.807, 2.05) is 13.0 Å². The molecule has 2 aromatic heterocycles. The first-order chi connectivity index (χ1) is 10.2. The molecule has 21 heavy (non-hydrogen) atoms. The van der Waals surface area contributed by atoms with Gasteiger partial charge in [0.05, 0.1) is 13.2 Å². The van der Waals surface area contributed by atoms with E-state index in [4.69, 9.17) is 9.47 Å². The second kappa shape index (κ2) is 7.09. The largest absolute Gasteiger partial charge is 0.383 e. The number of amides is 1. The Morgan fingerprint density at radius 2 is 1.95 bits per heavy atom. The van der Waals surface area contributed by atoms with Crippen molar-refractivity contribution >= 4 is 11.7 Å². The topological polar surface area (TPSA) is 81.9 Å². The molecule has 0 aliphatic carbocycles. The number of nitrogens with zero attached hydrogens (tertiary/aromatic N) is 5. The summed E-state index contributed by atoms with van der Waals surface area (Å²) >= 11 is 0. The number of aromatic nitrogens is 4. The van der Waals surface area contributed by atoms with Crippen LogP contribution in [0.1, 0.15) is 16.3 Å². The second-order valence-corrected chi connectivity index (χ2v) is 4.51. The number of carbonyl (C=O) groups excluding carboxylic acids is 1. The van der Waals surface area contributed by atoms with Crippen molar-refractivity contribution in [3.8, 4) is 0 Å². The van der Waals surface area contributed by atoms with E-state index in [0.717, 1.165) is 5.69 Å². The molecule has 0 radical (unpaired) electrons. The molecule has 0 saturated carbocycles. The standard InChI is InChI=1S/C13H19N5O3/c1-10-4-5-14-13-15-11(16-18(10)13)12(19)17(6-8-20-2)7-9-21-3/h4-5H,6-9H2,1-3H3. The molecule has 0 N–H and O–H groups in total. The van der Waals surface area contributed by atoms with Gasteiger partial charge in [0.1, 0.15) is 0 Å². The maximum atomic E-state index is 12.5. The first-order valence-electron chi connectivity index (χ1n) is 6.63. The van der Waals surface area contributed by atoms with Crippen molar-refractivity contribution in [3.63, 3.8) is 0 Å². The highest BCUT2D eigenvalue weighted by molar-refractivity contribution is 5.90. The van der Waals surface area contributed by atoms with Gasteiger partial charge in [0, 0.05) is 39.2 Å². The Labute approximate surface area is 122 Å². The van der Waals surface area contributed by atoms with Crippen LogP contribution in [0.15, 0.2) is 12.3 Å². The number of rotatable bonds is 7. The van der Waals surface area contributed by atoms with Crippen molar-refractivity contribution in [2.24, 2.45) is 0 Å². The first kappa shape index (κ1) is 15.3. The van der Waals surface area contributed by atoms with Crippen LogP contribution in [0, 0.1) is 6.92 Å². The SMILES string of the molecule is COCCN(CCOC)C(=O)c1nc2nccc(C)n2n1. The number of ether oxygens (including phenoxy) is 2. The second-order valence-electron chi connectivity index (χ2n) is 4.51. The Morgan fingerprint density at radius 3 is 2.52 bits per heavy atom. The van der Waals surface area contributed by atoms with Gasteiger partial charge in [0.2, 0.25) is 5.82 Å². The van der Waals surface area contributed by atoms with Crippen molar-refractivity contribution in [2.45, 2.75) is 6.92 Å². The minimum Gasteiger partial charge on any atom is -0.383 e. The summed E-state index contributed by atoms with van der Waals surface area (Å²) in [5.41, 5.74) is 0.867. The van der Waals surface area contributed by atoms with Crippen molar-refractivity contribution in [2.75, 3.05) is 40.5 Å². The zero-order valence-electron chi connectivity index (χ0n) is 12.4. The maximum absolute atomic E-state index is 12.5. The summed E-state index contributed by atoms with van der Waals surface area (Å²) < 4.78 is 11.6. The molecular weight excluding hydrogens is 274 g/mol. The minimum absolute atomic E-state index is 0.129. The van der Waals surface area contributed by atoms with Crippen LogP contribution < -0.4 is 0 Å². The fourth-order valence-electron chi connectivity index (χ4n) is 1.86. The Bertz CT molecular complexity index is 605. The predicted octanol–water partition coefficient (Wildman–Crippen LogP) is 0.168. The van der Waals surface area contributed by atoms with Crippen LogP contribution in [0.5, 0.6) is 0 Å². The molecule has 8 nitrogen and oxygen atoms in total. The zero-order chi connectivity index (χ0) is 15.2. The average Bonchev–Trinajstić information content (AvgIpc) is 2.92. The quantitative estimate of drug-likeness (QED) is 0.723. The molecule has 0 spiro atoms. The van der Waals surface area contributed by atoms with Crippen LogP contribution in [0.2, 0.25) is 0 Å². The molecule has 0 unspecified atom stereocenters. The third-order valence-corrected chi connectivity index (χ3v) is 3.04. The molecule has 0 atom stereocenters. The summed E-state index contributed by atoms with van der Waals surface area (Å²) in [4.78, 5) is 22.4. The fraction of sp³-hybridized carbons (Fsp3) is 0.538. The summed E-state index contributed by atoms with van der Waals surface area (Å²) in [7, 11) is 3.19. The highest BCUT2D eigenvalue weighted by Gasteiger charge is 2.21. The predicted molar refractivity (Wildman–Crippen MR) is 75.2 cm³/mol. The van der Waals surface area contributed by atoms with E-state index in [1.165, 1.54) is 0 Å². The molecular formula is C13H19N5O3. The normalized spacial score (nSPS) is 11.0. The van der Waals surface area contributed by atoms with E-state index in [9.17, 15) is 4.79 Å². The summed E-state index contributed by atoms with van der Waals surface area (Å²) in [5.74, 6) is 0.287. The van der Waals surface area contributed by atoms with Gasteiger partial charge < -0.3 is 14.4 Å². The molecule has 1 amide bonds. The smallest absolute Gasteiger partial charge is 0.293 e. The third-order valence-electron chi connectivity index (χ3n) is 3.04. The molecule has 114 valence electrons. The molecule has 8 heteroatoms. The molecule has 2 rings (SSSR count). The molecule has 2 aromatic rings. The Hall–Kier alpha value is -2.06. The molecule has 0 saturated heterocycles. The van der Waals surface area contributed by atoms with Gasteiger partial charge in [-0.25, -0.2) is 9.50 Å². The molecule has 0 bridgehead atoms. The summed E-state index contributed by atoms with van der Waals surface area (Å²) in [6, 6.07) is 1.81. The van der Waals surface area contributed by atoms with Crippen LogP contribution in [-0.2, 0) is 9.47 Å².